The van der Waals surface area contributed by atoms with Crippen molar-refractivity contribution in [2.75, 3.05) is 6.61 Å². The zero-order valence-electron chi connectivity index (χ0n) is 22.1. The Hall–Kier alpha value is -2.77. The van der Waals surface area contributed by atoms with Gasteiger partial charge in [0.25, 0.3) is 0 Å². The Labute approximate surface area is 217 Å². The average Bonchev–Trinajstić information content (AvgIpc) is 3.22. The van der Waals surface area contributed by atoms with Gasteiger partial charge in [0.1, 0.15) is 17.8 Å². The molecular formula is C30H36O7. The number of benzene rings is 1. The fraction of sp³-hybridized carbons (Fsp3) is 0.567. The summed E-state index contributed by atoms with van der Waals surface area (Å²) < 4.78 is 11.6. The van der Waals surface area contributed by atoms with Crippen molar-refractivity contribution in [1.82, 2.24) is 0 Å². The predicted octanol–water partition coefficient (Wildman–Crippen LogP) is 3.32. The first-order valence-electron chi connectivity index (χ1n) is 13.0. The zero-order valence-corrected chi connectivity index (χ0v) is 22.1. The van der Waals surface area contributed by atoms with Crippen LogP contribution in [-0.4, -0.2) is 51.3 Å². The molecule has 0 saturated heterocycles. The Balaban J connectivity index is 1.54. The summed E-state index contributed by atoms with van der Waals surface area (Å²) in [5.41, 5.74) is -2.64. The molecule has 2 fully saturated rings. The van der Waals surface area contributed by atoms with Gasteiger partial charge in [0.15, 0.2) is 5.78 Å². The SMILES string of the molecule is CC(=O)OCC1=C[C@H]2[C@@H]3C(C)(C)[C@]3(OC(=O)Cc3ccccc3)C[C@@H](C)[C@]2(O)[C@H]2C=C(C)C(=O)[C@@]2(O)C1. The van der Waals surface area contributed by atoms with Gasteiger partial charge in [-0.15, -0.1) is 0 Å². The molecule has 0 bridgehead atoms. The highest BCUT2D eigenvalue weighted by molar-refractivity contribution is 6.04. The smallest absolute Gasteiger partial charge is 0.310 e. The van der Waals surface area contributed by atoms with Crippen molar-refractivity contribution < 1.29 is 34.1 Å². The number of Topliss-reactive ketones (excluding diaryl/α,β-unsaturated/α-hetero) is 1. The summed E-state index contributed by atoms with van der Waals surface area (Å²) in [6.45, 7) is 8.88. The molecule has 1 aromatic rings. The minimum Gasteiger partial charge on any atom is -0.461 e. The largest absolute Gasteiger partial charge is 0.461 e. The van der Waals surface area contributed by atoms with Gasteiger partial charge in [0.2, 0.25) is 0 Å². The van der Waals surface area contributed by atoms with E-state index in [0.717, 1.165) is 5.56 Å². The van der Waals surface area contributed by atoms with Crippen LogP contribution >= 0.6 is 0 Å². The molecule has 2 N–H and O–H groups in total. The van der Waals surface area contributed by atoms with Gasteiger partial charge < -0.3 is 19.7 Å². The Kier molecular flexibility index (Phi) is 5.85. The molecule has 5 rings (SSSR count). The van der Waals surface area contributed by atoms with E-state index in [9.17, 15) is 24.6 Å². The van der Waals surface area contributed by atoms with Gasteiger partial charge in [0.05, 0.1) is 12.0 Å². The van der Waals surface area contributed by atoms with Crippen molar-refractivity contribution >= 4 is 17.7 Å². The second-order valence-corrected chi connectivity index (χ2v) is 12.1. The summed E-state index contributed by atoms with van der Waals surface area (Å²) in [7, 11) is 0. The van der Waals surface area contributed by atoms with E-state index in [0.29, 0.717) is 17.6 Å². The highest BCUT2D eigenvalue weighted by atomic mass is 16.6. The van der Waals surface area contributed by atoms with Gasteiger partial charge in [-0.25, -0.2) is 0 Å². The molecule has 0 aliphatic heterocycles. The molecule has 4 aliphatic rings. The van der Waals surface area contributed by atoms with Crippen molar-refractivity contribution in [3.63, 3.8) is 0 Å². The van der Waals surface area contributed by atoms with Gasteiger partial charge in [-0.3, -0.25) is 14.4 Å². The lowest BCUT2D eigenvalue weighted by Crippen LogP contribution is -2.61. The average molecular weight is 509 g/mol. The second kappa shape index (κ2) is 8.37. The molecule has 2 saturated carbocycles. The van der Waals surface area contributed by atoms with E-state index in [-0.39, 0.29) is 31.3 Å². The number of hydrogen-bond donors (Lipinski definition) is 2. The molecule has 0 unspecified atom stereocenters. The van der Waals surface area contributed by atoms with Crippen LogP contribution in [0.1, 0.15) is 53.0 Å². The standard InChI is InChI=1S/C30H36O7/c1-17-11-23-28(34,26(17)33)15-21(16-36-19(3)31)12-22-25-27(4,5)29(25,14-18(2)30(22,23)35)37-24(32)13-20-9-7-6-8-10-20/h6-12,18,22-23,25,34-35H,13-16H2,1-5H3/t18-,22+,23+,25-,28-,29+,30-/m1/s1. The van der Waals surface area contributed by atoms with E-state index in [1.54, 1.807) is 13.0 Å². The number of ether oxygens (including phenoxy) is 2. The van der Waals surface area contributed by atoms with E-state index >= 15 is 0 Å². The van der Waals surface area contributed by atoms with Crippen LogP contribution in [0.2, 0.25) is 0 Å². The lowest BCUT2D eigenvalue weighted by atomic mass is 9.60. The molecule has 37 heavy (non-hydrogen) atoms. The first-order chi connectivity index (χ1) is 17.3. The monoisotopic (exact) mass is 508 g/mol. The molecule has 0 amide bonds. The highest BCUT2D eigenvalue weighted by Gasteiger charge is 2.83. The van der Waals surface area contributed by atoms with Crippen LogP contribution in [0.3, 0.4) is 0 Å². The van der Waals surface area contributed by atoms with Gasteiger partial charge in [0, 0.05) is 36.5 Å². The fourth-order valence-corrected chi connectivity index (χ4v) is 7.78. The Morgan fingerprint density at radius 2 is 1.78 bits per heavy atom. The molecule has 0 radical (unpaired) electrons. The lowest BCUT2D eigenvalue weighted by molar-refractivity contribution is -0.186. The van der Waals surface area contributed by atoms with Gasteiger partial charge in [-0.1, -0.05) is 63.3 Å². The number of rotatable bonds is 5. The van der Waals surface area contributed by atoms with Crippen molar-refractivity contribution in [3.8, 4) is 0 Å². The summed E-state index contributed by atoms with van der Waals surface area (Å²) in [4.78, 5) is 37.9. The summed E-state index contributed by atoms with van der Waals surface area (Å²) in [5, 5.41) is 24.2. The summed E-state index contributed by atoms with van der Waals surface area (Å²) in [5.74, 6) is -3.17. The van der Waals surface area contributed by atoms with Crippen molar-refractivity contribution in [2.45, 2.75) is 70.7 Å². The third-order valence-electron chi connectivity index (χ3n) is 9.62. The third-order valence-corrected chi connectivity index (χ3v) is 9.62. The van der Waals surface area contributed by atoms with Crippen LogP contribution in [0.25, 0.3) is 0 Å². The Morgan fingerprint density at radius 1 is 1.11 bits per heavy atom. The van der Waals surface area contributed by atoms with Gasteiger partial charge in [-0.2, -0.15) is 0 Å². The van der Waals surface area contributed by atoms with E-state index in [2.05, 4.69) is 0 Å². The summed E-state index contributed by atoms with van der Waals surface area (Å²) in [6, 6.07) is 9.44. The second-order valence-electron chi connectivity index (χ2n) is 12.1. The molecule has 4 aliphatic carbocycles. The summed E-state index contributed by atoms with van der Waals surface area (Å²) >= 11 is 0. The minimum atomic E-state index is -1.82. The van der Waals surface area contributed by atoms with Gasteiger partial charge in [-0.05, 0) is 36.0 Å². The fourth-order valence-electron chi connectivity index (χ4n) is 7.78. The molecule has 7 nitrogen and oxygen atoms in total. The molecule has 1 aromatic carbocycles. The molecule has 7 atom stereocenters. The van der Waals surface area contributed by atoms with E-state index in [1.165, 1.54) is 6.92 Å². The quantitative estimate of drug-likeness (QED) is 0.464. The van der Waals surface area contributed by atoms with Crippen LogP contribution in [0.15, 0.2) is 53.6 Å². The number of hydrogen-bond acceptors (Lipinski definition) is 7. The Bertz CT molecular complexity index is 1210. The van der Waals surface area contributed by atoms with Crippen LogP contribution in [-0.2, 0) is 30.3 Å². The first-order valence-corrected chi connectivity index (χ1v) is 13.0. The normalized spacial score (nSPS) is 39.3. The maximum absolute atomic E-state index is 13.2. The number of aliphatic hydroxyl groups is 2. The number of fused-ring (bicyclic) bond motifs is 5. The van der Waals surface area contributed by atoms with Crippen molar-refractivity contribution in [1.29, 1.82) is 0 Å². The van der Waals surface area contributed by atoms with Crippen LogP contribution in [0, 0.1) is 29.1 Å². The number of ketones is 1. The van der Waals surface area contributed by atoms with Crippen LogP contribution in [0.5, 0.6) is 0 Å². The molecule has 0 spiro atoms. The topological polar surface area (TPSA) is 110 Å². The molecule has 198 valence electrons. The number of esters is 2. The van der Waals surface area contributed by atoms with Crippen LogP contribution < -0.4 is 0 Å². The molecule has 7 heteroatoms. The van der Waals surface area contributed by atoms with Gasteiger partial charge >= 0.3 is 11.9 Å². The maximum atomic E-state index is 13.2. The maximum Gasteiger partial charge on any atom is 0.310 e. The van der Waals surface area contributed by atoms with E-state index in [4.69, 9.17) is 9.47 Å². The predicted molar refractivity (Wildman–Crippen MR) is 135 cm³/mol. The van der Waals surface area contributed by atoms with E-state index in [1.807, 2.05) is 57.2 Å². The molecule has 0 aromatic heterocycles. The highest BCUT2D eigenvalue weighted by Crippen LogP contribution is 2.76. The van der Waals surface area contributed by atoms with Crippen molar-refractivity contribution in [2.24, 2.45) is 29.1 Å². The lowest BCUT2D eigenvalue weighted by Gasteiger charge is -2.50. The minimum absolute atomic E-state index is 0.0307. The number of carbonyl (C=O) groups excluding carboxylic acids is 3. The molecule has 0 heterocycles. The van der Waals surface area contributed by atoms with Crippen molar-refractivity contribution in [3.05, 3.63) is 59.2 Å². The van der Waals surface area contributed by atoms with E-state index < -0.39 is 51.7 Å². The first kappa shape index (κ1) is 25.9. The Morgan fingerprint density at radius 3 is 2.43 bits per heavy atom. The third kappa shape index (κ3) is 3.65. The number of carbonyl (C=O) groups is 3. The van der Waals surface area contributed by atoms with Crippen LogP contribution in [0.4, 0.5) is 0 Å². The molecular weight excluding hydrogens is 472 g/mol. The summed E-state index contributed by atoms with van der Waals surface area (Å²) in [6.07, 6.45) is 4.12. The zero-order chi connectivity index (χ0) is 27.0.